The van der Waals surface area contributed by atoms with E-state index in [1.807, 2.05) is 30.3 Å². The van der Waals surface area contributed by atoms with E-state index in [2.05, 4.69) is 0 Å². The van der Waals surface area contributed by atoms with E-state index >= 15 is 0 Å². The van der Waals surface area contributed by atoms with Gasteiger partial charge >= 0.3 is 0 Å². The van der Waals surface area contributed by atoms with Crippen LogP contribution < -0.4 is 0 Å². The zero-order chi connectivity index (χ0) is 13.7. The third-order valence-electron chi connectivity index (χ3n) is 2.68. The average Bonchev–Trinajstić information content (AvgIpc) is 2.17. The number of carbonyl (C=O) groups is 1. The van der Waals surface area contributed by atoms with Crippen LogP contribution in [0.2, 0.25) is 0 Å². The highest BCUT2D eigenvalue weighted by molar-refractivity contribution is 5.93. The molecule has 96 valence electrons. The van der Waals surface area contributed by atoms with Gasteiger partial charge in [0.15, 0.2) is 5.78 Å². The van der Waals surface area contributed by atoms with Gasteiger partial charge < -0.3 is 10.2 Å². The van der Waals surface area contributed by atoms with E-state index in [1.165, 1.54) is 0 Å². The van der Waals surface area contributed by atoms with E-state index in [0.717, 1.165) is 5.56 Å². The Kier molecular flexibility index (Phi) is 5.52. The van der Waals surface area contributed by atoms with Crippen molar-refractivity contribution < 1.29 is 15.0 Å². The van der Waals surface area contributed by atoms with Crippen molar-refractivity contribution >= 4 is 5.78 Å². The number of hydrogen-bond donors (Lipinski definition) is 2. The Morgan fingerprint density at radius 1 is 0.941 bits per heavy atom. The average molecular weight is 238 g/mol. The van der Waals surface area contributed by atoms with Gasteiger partial charge in [0, 0.05) is 5.56 Å². The Hall–Kier alpha value is -1.19. The van der Waals surface area contributed by atoms with Gasteiger partial charge in [-0.2, -0.15) is 0 Å². The second-order valence-corrected chi connectivity index (χ2v) is 5.04. The molecule has 0 aliphatic carbocycles. The lowest BCUT2D eigenvalue weighted by atomic mass is 9.90. The Morgan fingerprint density at radius 3 is 1.47 bits per heavy atom. The third kappa shape index (κ3) is 6.19. The number of benzene rings is 1. The molecule has 2 N–H and O–H groups in total. The molecule has 0 atom stereocenters. The Labute approximate surface area is 103 Å². The lowest BCUT2D eigenvalue weighted by Crippen LogP contribution is -2.44. The van der Waals surface area contributed by atoms with Gasteiger partial charge in [0.25, 0.3) is 0 Å². The molecule has 1 rings (SSSR count). The van der Waals surface area contributed by atoms with E-state index in [9.17, 15) is 4.79 Å². The van der Waals surface area contributed by atoms with Crippen LogP contribution in [0.3, 0.4) is 0 Å². The number of carbonyl (C=O) groups excluding carboxylic acids is 1. The quantitative estimate of drug-likeness (QED) is 0.778. The summed E-state index contributed by atoms with van der Waals surface area (Å²) in [4.78, 5) is 10.6. The molecular weight excluding hydrogens is 216 g/mol. The fourth-order valence-corrected chi connectivity index (χ4v) is 0.673. The molecule has 1 aromatic rings. The maximum Gasteiger partial charge on any atom is 0.159 e. The summed E-state index contributed by atoms with van der Waals surface area (Å²) >= 11 is 0. The molecule has 0 amide bonds. The van der Waals surface area contributed by atoms with Crippen LogP contribution >= 0.6 is 0 Å². The molecule has 0 radical (unpaired) electrons. The molecule has 0 heterocycles. The van der Waals surface area contributed by atoms with Crippen LogP contribution in [0.5, 0.6) is 0 Å². The van der Waals surface area contributed by atoms with E-state index in [0.29, 0.717) is 0 Å². The van der Waals surface area contributed by atoms with Crippen molar-refractivity contribution in [1.29, 1.82) is 0 Å². The maximum absolute atomic E-state index is 10.6. The molecular formula is C14H22O3. The van der Waals surface area contributed by atoms with Crippen LogP contribution in [-0.4, -0.2) is 27.2 Å². The van der Waals surface area contributed by atoms with Crippen molar-refractivity contribution in [3.05, 3.63) is 35.9 Å². The highest BCUT2D eigenvalue weighted by Gasteiger charge is 2.31. The summed E-state index contributed by atoms with van der Waals surface area (Å²) in [5, 5.41) is 18.2. The summed E-state index contributed by atoms with van der Waals surface area (Å²) in [5.41, 5.74) is -1.24. The third-order valence-corrected chi connectivity index (χ3v) is 2.68. The fourth-order valence-electron chi connectivity index (χ4n) is 0.673. The Bertz CT molecular complexity index is 330. The van der Waals surface area contributed by atoms with Crippen LogP contribution in [0.15, 0.2) is 30.3 Å². The first-order valence-corrected chi connectivity index (χ1v) is 5.56. The van der Waals surface area contributed by atoms with Crippen molar-refractivity contribution in [2.24, 2.45) is 0 Å². The summed E-state index contributed by atoms with van der Waals surface area (Å²) in [7, 11) is 0. The van der Waals surface area contributed by atoms with Gasteiger partial charge in [-0.05, 0) is 34.6 Å². The summed E-state index contributed by atoms with van der Waals surface area (Å²) in [6, 6.07) is 9.23. The zero-order valence-corrected chi connectivity index (χ0v) is 11.2. The minimum atomic E-state index is -1.01. The predicted octanol–water partition coefficient (Wildman–Crippen LogP) is 2.42. The first kappa shape index (κ1) is 15.8. The van der Waals surface area contributed by atoms with Gasteiger partial charge in [0.1, 0.15) is 0 Å². The minimum absolute atomic E-state index is 0.121. The van der Waals surface area contributed by atoms with Crippen molar-refractivity contribution in [1.82, 2.24) is 0 Å². The molecule has 0 aliphatic rings. The second kappa shape index (κ2) is 5.94. The maximum atomic E-state index is 10.6. The van der Waals surface area contributed by atoms with E-state index in [-0.39, 0.29) is 5.78 Å². The molecule has 0 saturated carbocycles. The summed E-state index contributed by atoms with van der Waals surface area (Å²) in [5.74, 6) is 0.121. The van der Waals surface area contributed by atoms with Crippen molar-refractivity contribution in [2.75, 3.05) is 0 Å². The molecule has 0 fully saturated rings. The van der Waals surface area contributed by atoms with Gasteiger partial charge in [-0.3, -0.25) is 4.79 Å². The van der Waals surface area contributed by atoms with Crippen molar-refractivity contribution in [3.63, 3.8) is 0 Å². The summed E-state index contributed by atoms with van der Waals surface area (Å²) in [6.07, 6.45) is 0. The summed E-state index contributed by atoms with van der Waals surface area (Å²) < 4.78 is 0. The highest BCUT2D eigenvalue weighted by Crippen LogP contribution is 2.19. The molecule has 3 heteroatoms. The summed E-state index contributed by atoms with van der Waals surface area (Å²) in [6.45, 7) is 7.87. The van der Waals surface area contributed by atoms with E-state index in [4.69, 9.17) is 10.2 Å². The van der Waals surface area contributed by atoms with Gasteiger partial charge in [-0.15, -0.1) is 0 Å². The first-order valence-electron chi connectivity index (χ1n) is 5.56. The van der Waals surface area contributed by atoms with Gasteiger partial charge in [-0.1, -0.05) is 30.3 Å². The second-order valence-electron chi connectivity index (χ2n) is 5.04. The van der Waals surface area contributed by atoms with Crippen molar-refractivity contribution in [2.45, 2.75) is 45.8 Å². The number of Topliss-reactive ketones (excluding diaryl/α,β-unsaturated/α-hetero) is 1. The topological polar surface area (TPSA) is 57.5 Å². The molecule has 1 aromatic carbocycles. The zero-order valence-electron chi connectivity index (χ0n) is 11.2. The van der Waals surface area contributed by atoms with Crippen LogP contribution in [0, 0.1) is 0 Å². The minimum Gasteiger partial charge on any atom is -0.387 e. The van der Waals surface area contributed by atoms with Crippen LogP contribution in [0.4, 0.5) is 0 Å². The van der Waals surface area contributed by atoms with Crippen molar-refractivity contribution in [3.8, 4) is 0 Å². The number of hydrogen-bond acceptors (Lipinski definition) is 3. The van der Waals surface area contributed by atoms with Gasteiger partial charge in [-0.25, -0.2) is 0 Å². The van der Waals surface area contributed by atoms with Gasteiger partial charge in [0.05, 0.1) is 11.2 Å². The Morgan fingerprint density at radius 2 is 1.29 bits per heavy atom. The number of rotatable bonds is 2. The molecule has 0 bridgehead atoms. The fraction of sp³-hybridized carbons (Fsp3) is 0.500. The van der Waals surface area contributed by atoms with Crippen LogP contribution in [-0.2, 0) is 0 Å². The Balaban J connectivity index is 0.000000304. The highest BCUT2D eigenvalue weighted by atomic mass is 16.3. The van der Waals surface area contributed by atoms with E-state index in [1.54, 1.807) is 34.6 Å². The number of ketones is 1. The van der Waals surface area contributed by atoms with Crippen LogP contribution in [0.1, 0.15) is 45.0 Å². The smallest absolute Gasteiger partial charge is 0.159 e. The molecule has 0 spiro atoms. The van der Waals surface area contributed by atoms with Gasteiger partial charge in [0.2, 0.25) is 0 Å². The lowest BCUT2D eigenvalue weighted by Gasteiger charge is -2.31. The standard InChI is InChI=1S/C8H8O.C6H14O2/c1-7(9)8-5-3-2-4-6-8;1-5(2,7)6(3,4)8/h2-6H,1H3;7-8H,1-4H3. The molecule has 0 saturated heterocycles. The van der Waals surface area contributed by atoms with Crippen LogP contribution in [0.25, 0.3) is 0 Å². The monoisotopic (exact) mass is 238 g/mol. The normalized spacial score (nSPS) is 11.5. The molecule has 0 aliphatic heterocycles. The lowest BCUT2D eigenvalue weighted by molar-refractivity contribution is -0.107. The SMILES string of the molecule is CC(=O)c1ccccc1.CC(C)(O)C(C)(C)O. The molecule has 0 aromatic heterocycles. The largest absolute Gasteiger partial charge is 0.387 e. The van der Waals surface area contributed by atoms with E-state index < -0.39 is 11.2 Å². The molecule has 17 heavy (non-hydrogen) atoms. The molecule has 0 unspecified atom stereocenters. The first-order chi connectivity index (χ1) is 7.55. The molecule has 3 nitrogen and oxygen atoms in total. The predicted molar refractivity (Wildman–Crippen MR) is 69.0 cm³/mol. The number of aliphatic hydroxyl groups is 2.